The van der Waals surface area contributed by atoms with E-state index < -0.39 is 12.1 Å². The maximum Gasteiger partial charge on any atom is 0.413 e. The quantitative estimate of drug-likeness (QED) is 0.612. The summed E-state index contributed by atoms with van der Waals surface area (Å²) < 4.78 is 5.47. The third-order valence-corrected chi connectivity index (χ3v) is 6.77. The molecule has 2 aromatic rings. The number of nitrogens with zero attached hydrogens (tertiary/aromatic N) is 2. The minimum atomic E-state index is -0.689. The molecule has 0 bridgehead atoms. The first-order chi connectivity index (χ1) is 16.3. The van der Waals surface area contributed by atoms with Gasteiger partial charge in [0.05, 0.1) is 11.4 Å². The molecule has 1 atom stereocenters. The molecule has 4 rings (SSSR count). The maximum absolute atomic E-state index is 13.9. The van der Waals surface area contributed by atoms with Gasteiger partial charge in [0.1, 0.15) is 11.8 Å². The highest BCUT2D eigenvalue weighted by atomic mass is 16.6. The number of anilines is 2. The maximum atomic E-state index is 13.9. The van der Waals surface area contributed by atoms with E-state index in [2.05, 4.69) is 37.1 Å². The zero-order valence-electron chi connectivity index (χ0n) is 20.6. The third-order valence-electron chi connectivity index (χ3n) is 6.77. The summed E-state index contributed by atoms with van der Waals surface area (Å²) in [6, 6.07) is 16.8. The molecule has 182 valence electrons. The smallest absolute Gasteiger partial charge is 0.410 e. The Morgan fingerprint density at radius 2 is 1.62 bits per heavy atom. The second-order valence-electron chi connectivity index (χ2n) is 10.6. The van der Waals surface area contributed by atoms with Crippen molar-refractivity contribution < 1.29 is 14.3 Å². The average Bonchev–Trinajstić information content (AvgIpc) is 2.93. The van der Waals surface area contributed by atoms with Gasteiger partial charge in [-0.1, -0.05) is 70.4 Å². The molecule has 1 heterocycles. The molecule has 34 heavy (non-hydrogen) atoms. The van der Waals surface area contributed by atoms with E-state index in [1.165, 1.54) is 19.3 Å². The number of amides is 2. The van der Waals surface area contributed by atoms with E-state index in [-0.39, 0.29) is 11.3 Å². The lowest BCUT2D eigenvalue weighted by molar-refractivity contribution is -0.120. The fraction of sp³-hybridized carbons (Fsp3) is 0.500. The summed E-state index contributed by atoms with van der Waals surface area (Å²) >= 11 is 0. The average molecular weight is 464 g/mol. The van der Waals surface area contributed by atoms with E-state index in [1.54, 1.807) is 12.1 Å². The number of carbonyl (C=O) groups excluding carboxylic acids is 2. The minimum Gasteiger partial charge on any atom is -0.410 e. The molecule has 1 N–H and O–H groups in total. The number of hydrogen-bond donors (Lipinski definition) is 1. The van der Waals surface area contributed by atoms with Gasteiger partial charge in [-0.15, -0.1) is 0 Å². The molecule has 1 fully saturated rings. The standard InChI is InChI=1S/C28H37N3O3/c1-28(2,3)18-19-30-24-16-10-11-17-25(24)31(21-12-6-4-7-13-21)20-23(26(30)32)29-27(33)34-22-14-8-5-9-15-22/h5,8-11,14-17,21,23H,4,6-7,12-13,18-20H2,1-3H3,(H,29,33)/t23-/m1/s1. The van der Waals surface area contributed by atoms with Gasteiger partial charge in [0, 0.05) is 19.1 Å². The normalized spacial score (nSPS) is 19.4. The van der Waals surface area contributed by atoms with Crippen molar-refractivity contribution in [3.63, 3.8) is 0 Å². The van der Waals surface area contributed by atoms with Crippen molar-refractivity contribution in [3.05, 3.63) is 54.6 Å². The number of carbonyl (C=O) groups is 2. The largest absolute Gasteiger partial charge is 0.413 e. The summed E-state index contributed by atoms with van der Waals surface area (Å²) in [4.78, 5) is 30.9. The highest BCUT2D eigenvalue weighted by Gasteiger charge is 2.37. The zero-order chi connectivity index (χ0) is 24.1. The van der Waals surface area contributed by atoms with Crippen LogP contribution in [0.15, 0.2) is 54.6 Å². The van der Waals surface area contributed by atoms with Crippen molar-refractivity contribution in [2.75, 3.05) is 22.9 Å². The molecule has 0 spiro atoms. The van der Waals surface area contributed by atoms with Gasteiger partial charge in [0.15, 0.2) is 0 Å². The highest BCUT2D eigenvalue weighted by Crippen LogP contribution is 2.37. The third kappa shape index (κ3) is 5.91. The Labute approximate surface area is 203 Å². The van der Waals surface area contributed by atoms with Gasteiger partial charge in [-0.05, 0) is 48.9 Å². The first-order valence-electron chi connectivity index (χ1n) is 12.5. The molecule has 1 aliphatic carbocycles. The van der Waals surface area contributed by atoms with Gasteiger partial charge in [-0.3, -0.25) is 4.79 Å². The van der Waals surface area contributed by atoms with Crippen LogP contribution < -0.4 is 19.9 Å². The number of rotatable bonds is 5. The highest BCUT2D eigenvalue weighted by molar-refractivity contribution is 6.03. The number of nitrogens with one attached hydrogen (secondary N) is 1. The van der Waals surface area contributed by atoms with Crippen LogP contribution in [0.3, 0.4) is 0 Å². The SMILES string of the molecule is CC(C)(C)CCN1C(=O)[C@H](NC(=O)Oc2ccccc2)CN(C2CCCCC2)c2ccccc21. The lowest BCUT2D eigenvalue weighted by atomic mass is 9.92. The fourth-order valence-electron chi connectivity index (χ4n) is 4.91. The molecule has 2 amide bonds. The molecule has 0 aromatic heterocycles. The van der Waals surface area contributed by atoms with Crippen LogP contribution in [0.2, 0.25) is 0 Å². The summed E-state index contributed by atoms with van der Waals surface area (Å²) in [6.45, 7) is 7.59. The Kier molecular flexibility index (Phi) is 7.44. The number of para-hydroxylation sites is 3. The van der Waals surface area contributed by atoms with Crippen LogP contribution in [-0.2, 0) is 4.79 Å². The fourth-order valence-corrected chi connectivity index (χ4v) is 4.91. The molecule has 6 heteroatoms. The van der Waals surface area contributed by atoms with Crippen LogP contribution >= 0.6 is 0 Å². The molecule has 1 saturated carbocycles. The van der Waals surface area contributed by atoms with Crippen molar-refractivity contribution in [3.8, 4) is 5.75 Å². The van der Waals surface area contributed by atoms with Crippen LogP contribution in [0.1, 0.15) is 59.3 Å². The molecule has 0 unspecified atom stereocenters. The zero-order valence-corrected chi connectivity index (χ0v) is 20.6. The summed E-state index contributed by atoms with van der Waals surface area (Å²) in [5.74, 6) is 0.373. The molecule has 0 saturated heterocycles. The van der Waals surface area contributed by atoms with Gasteiger partial charge in [-0.25, -0.2) is 4.79 Å². The molecule has 6 nitrogen and oxygen atoms in total. The van der Waals surface area contributed by atoms with Crippen molar-refractivity contribution >= 4 is 23.4 Å². The molecule has 0 radical (unpaired) electrons. The van der Waals surface area contributed by atoms with Crippen molar-refractivity contribution in [2.45, 2.75) is 71.4 Å². The Balaban J connectivity index is 1.64. The Morgan fingerprint density at radius 1 is 0.971 bits per heavy atom. The van der Waals surface area contributed by atoms with Gasteiger partial charge in [0.2, 0.25) is 0 Å². The van der Waals surface area contributed by atoms with Crippen LogP contribution in [0.5, 0.6) is 5.75 Å². The van der Waals surface area contributed by atoms with Crippen LogP contribution in [0, 0.1) is 5.41 Å². The summed E-state index contributed by atoms with van der Waals surface area (Å²) in [6.07, 6.45) is 6.11. The first-order valence-corrected chi connectivity index (χ1v) is 12.5. The van der Waals surface area contributed by atoms with E-state index in [1.807, 2.05) is 41.3 Å². The Morgan fingerprint density at radius 3 is 2.29 bits per heavy atom. The summed E-state index contributed by atoms with van der Waals surface area (Å²) in [5.41, 5.74) is 2.10. The van der Waals surface area contributed by atoms with Gasteiger partial charge in [-0.2, -0.15) is 0 Å². The first kappa shape index (κ1) is 24.1. The molecule has 2 aliphatic rings. The molecular formula is C28H37N3O3. The predicted molar refractivity (Wildman–Crippen MR) is 136 cm³/mol. The van der Waals surface area contributed by atoms with Crippen molar-refractivity contribution in [1.82, 2.24) is 5.32 Å². The van der Waals surface area contributed by atoms with E-state index in [4.69, 9.17) is 4.74 Å². The number of benzene rings is 2. The van der Waals surface area contributed by atoms with Crippen LogP contribution in [-0.4, -0.2) is 37.2 Å². The van der Waals surface area contributed by atoms with Gasteiger partial charge >= 0.3 is 6.09 Å². The van der Waals surface area contributed by atoms with Crippen molar-refractivity contribution in [1.29, 1.82) is 0 Å². The lowest BCUT2D eigenvalue weighted by Gasteiger charge is -2.37. The second kappa shape index (κ2) is 10.5. The molecule has 1 aliphatic heterocycles. The summed E-state index contributed by atoms with van der Waals surface area (Å²) in [7, 11) is 0. The van der Waals surface area contributed by atoms with E-state index in [9.17, 15) is 9.59 Å². The van der Waals surface area contributed by atoms with Crippen molar-refractivity contribution in [2.24, 2.45) is 5.41 Å². The van der Waals surface area contributed by atoms with Crippen LogP contribution in [0.25, 0.3) is 0 Å². The topological polar surface area (TPSA) is 61.9 Å². The Bertz CT molecular complexity index is 980. The molecular weight excluding hydrogens is 426 g/mol. The van der Waals surface area contributed by atoms with Gasteiger partial charge in [0.25, 0.3) is 5.91 Å². The van der Waals surface area contributed by atoms with Crippen LogP contribution in [0.4, 0.5) is 16.2 Å². The second-order valence-corrected chi connectivity index (χ2v) is 10.6. The van der Waals surface area contributed by atoms with E-state index >= 15 is 0 Å². The lowest BCUT2D eigenvalue weighted by Crippen LogP contribution is -2.54. The minimum absolute atomic E-state index is 0.0831. The monoisotopic (exact) mass is 463 g/mol. The number of hydrogen-bond acceptors (Lipinski definition) is 4. The number of ether oxygens (including phenoxy) is 1. The predicted octanol–water partition coefficient (Wildman–Crippen LogP) is 5.77. The summed E-state index contributed by atoms with van der Waals surface area (Å²) in [5, 5.41) is 2.89. The Hall–Kier alpha value is -3.02. The number of fused-ring (bicyclic) bond motifs is 1. The van der Waals surface area contributed by atoms with E-state index in [0.717, 1.165) is 30.6 Å². The molecule has 2 aromatic carbocycles. The van der Waals surface area contributed by atoms with Gasteiger partial charge < -0.3 is 19.9 Å². The van der Waals surface area contributed by atoms with E-state index in [0.29, 0.717) is 24.9 Å².